The SMILES string of the molecule is COc1ccc(NC(=O)c2oc3ccccc3c2NC(=O)c2csnn2)cc1. The number of benzene rings is 2. The second kappa shape index (κ2) is 7.49. The van der Waals surface area contributed by atoms with E-state index in [1.807, 2.05) is 0 Å². The Morgan fingerprint density at radius 1 is 1.04 bits per heavy atom. The summed E-state index contributed by atoms with van der Waals surface area (Å²) >= 11 is 1.06. The number of carbonyl (C=O) groups excluding carboxylic acids is 2. The average Bonchev–Trinajstić information content (AvgIpc) is 3.37. The van der Waals surface area contributed by atoms with Gasteiger partial charge in [0.25, 0.3) is 11.8 Å². The number of amides is 2. The Labute approximate surface area is 163 Å². The van der Waals surface area contributed by atoms with Gasteiger partial charge in [0.2, 0.25) is 5.76 Å². The quantitative estimate of drug-likeness (QED) is 0.533. The molecule has 0 radical (unpaired) electrons. The maximum Gasteiger partial charge on any atom is 0.293 e. The third-order valence-electron chi connectivity index (χ3n) is 3.98. The first-order valence-corrected chi connectivity index (χ1v) is 9.04. The number of anilines is 2. The largest absolute Gasteiger partial charge is 0.497 e. The summed E-state index contributed by atoms with van der Waals surface area (Å²) < 4.78 is 14.5. The highest BCUT2D eigenvalue weighted by atomic mass is 32.1. The van der Waals surface area contributed by atoms with Crippen LogP contribution >= 0.6 is 11.5 Å². The van der Waals surface area contributed by atoms with E-state index in [1.54, 1.807) is 55.6 Å². The van der Waals surface area contributed by atoms with Crippen molar-refractivity contribution >= 4 is 45.7 Å². The van der Waals surface area contributed by atoms with Crippen LogP contribution in [0.4, 0.5) is 11.4 Å². The second-order valence-electron chi connectivity index (χ2n) is 5.73. The lowest BCUT2D eigenvalue weighted by Gasteiger charge is -2.07. The van der Waals surface area contributed by atoms with Gasteiger partial charge in [0.1, 0.15) is 17.0 Å². The highest BCUT2D eigenvalue weighted by Crippen LogP contribution is 2.32. The third-order valence-corrected chi connectivity index (χ3v) is 4.49. The average molecular weight is 394 g/mol. The summed E-state index contributed by atoms with van der Waals surface area (Å²) in [4.78, 5) is 25.2. The first-order chi connectivity index (χ1) is 13.7. The molecule has 0 saturated heterocycles. The number of ether oxygens (including phenoxy) is 1. The lowest BCUT2D eigenvalue weighted by Crippen LogP contribution is -2.17. The van der Waals surface area contributed by atoms with Crippen LogP contribution in [-0.2, 0) is 0 Å². The van der Waals surface area contributed by atoms with Crippen LogP contribution in [0.2, 0.25) is 0 Å². The monoisotopic (exact) mass is 394 g/mol. The standard InChI is InChI=1S/C19H14N4O4S/c1-26-12-8-6-11(7-9-12)20-19(25)17-16(13-4-2-3-5-15(13)27-17)21-18(24)14-10-28-23-22-14/h2-10H,1H3,(H,20,25)(H,21,24). The molecule has 8 nitrogen and oxygen atoms in total. The van der Waals surface area contributed by atoms with E-state index < -0.39 is 11.8 Å². The molecule has 0 spiro atoms. The summed E-state index contributed by atoms with van der Waals surface area (Å²) in [7, 11) is 1.56. The molecule has 0 atom stereocenters. The maximum atomic E-state index is 12.8. The third kappa shape index (κ3) is 3.42. The van der Waals surface area contributed by atoms with Gasteiger partial charge in [-0.3, -0.25) is 9.59 Å². The van der Waals surface area contributed by atoms with E-state index in [9.17, 15) is 9.59 Å². The molecule has 2 aromatic heterocycles. The first-order valence-electron chi connectivity index (χ1n) is 8.21. The van der Waals surface area contributed by atoms with Crippen LogP contribution in [-0.4, -0.2) is 28.5 Å². The van der Waals surface area contributed by atoms with Crippen LogP contribution in [0.3, 0.4) is 0 Å². The van der Waals surface area contributed by atoms with Crippen molar-refractivity contribution in [2.75, 3.05) is 17.7 Å². The maximum absolute atomic E-state index is 12.8. The Kier molecular flexibility index (Phi) is 4.73. The fourth-order valence-corrected chi connectivity index (χ4v) is 3.07. The molecule has 2 heterocycles. The predicted octanol–water partition coefficient (Wildman–Crippen LogP) is 3.80. The van der Waals surface area contributed by atoms with Crippen molar-refractivity contribution in [2.24, 2.45) is 0 Å². The minimum absolute atomic E-state index is 0.00597. The van der Waals surface area contributed by atoms with E-state index in [0.29, 0.717) is 22.4 Å². The molecule has 140 valence electrons. The van der Waals surface area contributed by atoms with Crippen molar-refractivity contribution in [2.45, 2.75) is 0 Å². The summed E-state index contributed by atoms with van der Waals surface area (Å²) in [6.07, 6.45) is 0. The molecule has 4 aromatic rings. The molecule has 0 bridgehead atoms. The Balaban J connectivity index is 1.67. The van der Waals surface area contributed by atoms with Crippen molar-refractivity contribution in [3.8, 4) is 5.75 Å². The number of hydrogen-bond acceptors (Lipinski definition) is 7. The molecule has 0 fully saturated rings. The van der Waals surface area contributed by atoms with Crippen LogP contribution in [0.1, 0.15) is 21.0 Å². The summed E-state index contributed by atoms with van der Waals surface area (Å²) in [6.45, 7) is 0. The van der Waals surface area contributed by atoms with Gasteiger partial charge in [-0.15, -0.1) is 5.10 Å². The zero-order valence-electron chi connectivity index (χ0n) is 14.6. The molecule has 0 aliphatic rings. The van der Waals surface area contributed by atoms with E-state index in [0.717, 1.165) is 11.5 Å². The molecular weight excluding hydrogens is 380 g/mol. The van der Waals surface area contributed by atoms with Gasteiger partial charge >= 0.3 is 0 Å². The molecule has 2 aromatic carbocycles. The molecule has 0 unspecified atom stereocenters. The fourth-order valence-electron chi connectivity index (χ4n) is 2.63. The molecule has 9 heteroatoms. The molecule has 28 heavy (non-hydrogen) atoms. The van der Waals surface area contributed by atoms with Crippen LogP contribution in [0.15, 0.2) is 58.3 Å². The molecule has 0 aliphatic heterocycles. The lowest BCUT2D eigenvalue weighted by molar-refractivity contribution is 0.0999. The van der Waals surface area contributed by atoms with E-state index >= 15 is 0 Å². The van der Waals surface area contributed by atoms with Gasteiger partial charge in [0.05, 0.1) is 7.11 Å². The van der Waals surface area contributed by atoms with Gasteiger partial charge in [0.15, 0.2) is 5.69 Å². The lowest BCUT2D eigenvalue weighted by atomic mass is 10.2. The van der Waals surface area contributed by atoms with Crippen LogP contribution < -0.4 is 15.4 Å². The predicted molar refractivity (Wildman–Crippen MR) is 105 cm³/mol. The number of fused-ring (bicyclic) bond motifs is 1. The summed E-state index contributed by atoms with van der Waals surface area (Å²) in [5.41, 5.74) is 1.48. The summed E-state index contributed by atoms with van der Waals surface area (Å²) in [6, 6.07) is 13.9. The van der Waals surface area contributed by atoms with E-state index in [1.165, 1.54) is 5.38 Å². The Bertz CT molecular complexity index is 1140. The molecule has 4 rings (SSSR count). The van der Waals surface area contributed by atoms with Crippen LogP contribution in [0, 0.1) is 0 Å². The van der Waals surface area contributed by atoms with Crippen molar-refractivity contribution in [3.63, 3.8) is 0 Å². The topological polar surface area (TPSA) is 106 Å². The molecule has 0 aliphatic carbocycles. The first kappa shape index (κ1) is 17.7. The van der Waals surface area contributed by atoms with Gasteiger partial charge in [0, 0.05) is 16.5 Å². The van der Waals surface area contributed by atoms with Gasteiger partial charge in [-0.1, -0.05) is 16.6 Å². The Morgan fingerprint density at radius 3 is 2.54 bits per heavy atom. The molecule has 2 amide bonds. The number of methoxy groups -OCH3 is 1. The fraction of sp³-hybridized carbons (Fsp3) is 0.0526. The van der Waals surface area contributed by atoms with E-state index in [-0.39, 0.29) is 17.1 Å². The molecular formula is C19H14N4O4S. The zero-order chi connectivity index (χ0) is 19.5. The van der Waals surface area contributed by atoms with Crippen LogP contribution in [0.25, 0.3) is 11.0 Å². The molecule has 0 saturated carbocycles. The molecule has 2 N–H and O–H groups in total. The number of para-hydroxylation sites is 1. The minimum atomic E-state index is -0.493. The van der Waals surface area contributed by atoms with Crippen molar-refractivity contribution in [3.05, 3.63) is 65.4 Å². The number of aromatic nitrogens is 2. The number of nitrogens with one attached hydrogen (secondary N) is 2. The number of nitrogens with zero attached hydrogens (tertiary/aromatic N) is 2. The van der Waals surface area contributed by atoms with Gasteiger partial charge in [-0.25, -0.2) is 0 Å². The second-order valence-corrected chi connectivity index (χ2v) is 6.34. The van der Waals surface area contributed by atoms with Crippen LogP contribution in [0.5, 0.6) is 5.75 Å². The van der Waals surface area contributed by atoms with Gasteiger partial charge in [-0.05, 0) is 47.9 Å². The number of hydrogen-bond donors (Lipinski definition) is 2. The highest BCUT2D eigenvalue weighted by molar-refractivity contribution is 7.03. The van der Waals surface area contributed by atoms with Crippen molar-refractivity contribution in [1.82, 2.24) is 9.59 Å². The smallest absolute Gasteiger partial charge is 0.293 e. The van der Waals surface area contributed by atoms with Gasteiger partial charge < -0.3 is 19.8 Å². The number of carbonyl (C=O) groups is 2. The summed E-state index contributed by atoms with van der Waals surface area (Å²) in [5, 5.41) is 11.3. The van der Waals surface area contributed by atoms with E-state index in [4.69, 9.17) is 9.15 Å². The Morgan fingerprint density at radius 2 is 1.82 bits per heavy atom. The van der Waals surface area contributed by atoms with Crippen molar-refractivity contribution < 1.29 is 18.7 Å². The summed E-state index contributed by atoms with van der Waals surface area (Å²) in [5.74, 6) is -0.299. The highest BCUT2D eigenvalue weighted by Gasteiger charge is 2.23. The van der Waals surface area contributed by atoms with E-state index in [2.05, 4.69) is 20.2 Å². The number of rotatable bonds is 5. The minimum Gasteiger partial charge on any atom is -0.497 e. The normalized spacial score (nSPS) is 10.6. The Hall–Kier alpha value is -3.72. The van der Waals surface area contributed by atoms with Crippen molar-refractivity contribution in [1.29, 1.82) is 0 Å². The van der Waals surface area contributed by atoms with Gasteiger partial charge in [-0.2, -0.15) is 0 Å². The zero-order valence-corrected chi connectivity index (χ0v) is 15.4. The number of furan rings is 1.